The molecule has 0 bridgehead atoms. The predicted octanol–water partition coefficient (Wildman–Crippen LogP) is 3.26. The number of nitrogens with zero attached hydrogens (tertiary/aromatic N) is 6. The molecular formula is C16H10ClN7S. The lowest BCUT2D eigenvalue weighted by molar-refractivity contribution is 0.770. The van der Waals surface area contributed by atoms with Gasteiger partial charge >= 0.3 is 0 Å². The number of nitrogens with two attached hydrogens (primary N) is 1. The molecule has 0 unspecified atom stereocenters. The lowest BCUT2D eigenvalue weighted by Crippen LogP contribution is -2.03. The van der Waals surface area contributed by atoms with Crippen LogP contribution in [0.2, 0.25) is 5.02 Å². The van der Waals surface area contributed by atoms with Crippen molar-refractivity contribution in [3.05, 3.63) is 40.6 Å². The van der Waals surface area contributed by atoms with Crippen molar-refractivity contribution in [2.24, 2.45) is 7.05 Å². The fraction of sp³-hybridized carbons (Fsp3) is 0.0625. The molecule has 0 fully saturated rings. The average molecular weight is 368 g/mol. The van der Waals surface area contributed by atoms with Crippen molar-refractivity contribution in [2.45, 2.75) is 0 Å². The van der Waals surface area contributed by atoms with E-state index in [0.29, 0.717) is 22.1 Å². The third-order valence-electron chi connectivity index (χ3n) is 3.65. The quantitative estimate of drug-likeness (QED) is 0.582. The van der Waals surface area contributed by atoms with E-state index in [-0.39, 0.29) is 11.5 Å². The number of fused-ring (bicyclic) bond motifs is 1. The molecule has 0 atom stereocenters. The molecule has 0 radical (unpaired) electrons. The Morgan fingerprint density at radius 1 is 1.28 bits per heavy atom. The molecule has 4 aromatic rings. The molecule has 0 saturated heterocycles. The fourth-order valence-corrected chi connectivity index (χ4v) is 3.58. The first kappa shape index (κ1) is 15.5. The zero-order valence-corrected chi connectivity index (χ0v) is 14.5. The van der Waals surface area contributed by atoms with Gasteiger partial charge in [0.1, 0.15) is 23.2 Å². The monoisotopic (exact) mass is 367 g/mol. The van der Waals surface area contributed by atoms with Gasteiger partial charge in [0.2, 0.25) is 0 Å². The summed E-state index contributed by atoms with van der Waals surface area (Å²) in [6, 6.07) is 7.47. The van der Waals surface area contributed by atoms with E-state index < -0.39 is 0 Å². The second-order valence-electron chi connectivity index (χ2n) is 5.30. The molecule has 7 nitrogen and oxygen atoms in total. The summed E-state index contributed by atoms with van der Waals surface area (Å²) in [5, 5.41) is 14.1. The van der Waals surface area contributed by atoms with Crippen LogP contribution in [0.15, 0.2) is 29.9 Å². The van der Waals surface area contributed by atoms with Crippen LogP contribution >= 0.6 is 22.9 Å². The highest BCUT2D eigenvalue weighted by Crippen LogP contribution is 2.35. The minimum Gasteiger partial charge on any atom is -0.381 e. The molecule has 122 valence electrons. The first-order chi connectivity index (χ1) is 12.1. The van der Waals surface area contributed by atoms with E-state index in [1.54, 1.807) is 22.5 Å². The molecule has 2 N–H and O–H groups in total. The van der Waals surface area contributed by atoms with Crippen LogP contribution in [0.5, 0.6) is 0 Å². The molecule has 1 aromatic carbocycles. The van der Waals surface area contributed by atoms with Crippen LogP contribution in [-0.4, -0.2) is 24.7 Å². The molecule has 0 amide bonds. The van der Waals surface area contributed by atoms with E-state index in [2.05, 4.69) is 20.1 Å². The van der Waals surface area contributed by atoms with E-state index in [1.165, 1.54) is 11.3 Å². The first-order valence-electron chi connectivity index (χ1n) is 7.17. The Bertz CT molecular complexity index is 1160. The number of benzene rings is 1. The first-order valence-corrected chi connectivity index (χ1v) is 8.43. The number of halogens is 1. The van der Waals surface area contributed by atoms with E-state index in [0.717, 1.165) is 15.8 Å². The minimum atomic E-state index is 0.0650. The summed E-state index contributed by atoms with van der Waals surface area (Å²) in [7, 11) is 1.81. The maximum Gasteiger partial charge on any atom is 0.183 e. The van der Waals surface area contributed by atoms with Gasteiger partial charge in [-0.05, 0) is 18.2 Å². The molecule has 3 aromatic heterocycles. The molecule has 0 aliphatic heterocycles. The summed E-state index contributed by atoms with van der Waals surface area (Å²) in [5.74, 6) is 0.0665. The van der Waals surface area contributed by atoms with Gasteiger partial charge in [-0.25, -0.2) is 15.0 Å². The minimum absolute atomic E-state index is 0.0650. The summed E-state index contributed by atoms with van der Waals surface area (Å²) >= 11 is 7.82. The van der Waals surface area contributed by atoms with Crippen LogP contribution in [0.25, 0.3) is 32.9 Å². The molecular weight excluding hydrogens is 358 g/mol. The summed E-state index contributed by atoms with van der Waals surface area (Å²) in [6.07, 6.45) is 1.80. The molecule has 0 aliphatic rings. The Labute approximate surface area is 151 Å². The normalized spacial score (nSPS) is 10.9. The number of hydrogen-bond donors (Lipinski definition) is 1. The van der Waals surface area contributed by atoms with Crippen LogP contribution in [0, 0.1) is 11.3 Å². The van der Waals surface area contributed by atoms with E-state index in [1.807, 2.05) is 25.2 Å². The lowest BCUT2D eigenvalue weighted by Gasteiger charge is -2.09. The van der Waals surface area contributed by atoms with Crippen LogP contribution in [0.3, 0.4) is 0 Å². The predicted molar refractivity (Wildman–Crippen MR) is 97.0 cm³/mol. The summed E-state index contributed by atoms with van der Waals surface area (Å²) < 4.78 is 2.58. The number of aryl methyl sites for hydroxylation is 1. The van der Waals surface area contributed by atoms with Crippen molar-refractivity contribution in [2.75, 3.05) is 5.73 Å². The van der Waals surface area contributed by atoms with Gasteiger partial charge in [0, 0.05) is 18.8 Å². The van der Waals surface area contributed by atoms with Gasteiger partial charge in [-0.1, -0.05) is 11.6 Å². The van der Waals surface area contributed by atoms with Crippen molar-refractivity contribution in [3.63, 3.8) is 0 Å². The van der Waals surface area contributed by atoms with Crippen LogP contribution in [-0.2, 0) is 7.05 Å². The molecule has 0 aliphatic carbocycles. The lowest BCUT2D eigenvalue weighted by atomic mass is 10.1. The van der Waals surface area contributed by atoms with E-state index in [4.69, 9.17) is 17.3 Å². The van der Waals surface area contributed by atoms with Gasteiger partial charge in [-0.2, -0.15) is 10.4 Å². The number of rotatable bonds is 2. The number of aromatic nitrogens is 5. The number of hydrogen-bond acceptors (Lipinski definition) is 7. The van der Waals surface area contributed by atoms with Crippen molar-refractivity contribution in [1.29, 1.82) is 5.26 Å². The SMILES string of the molecule is Cn1ccc(-c2nc(N)c(C#N)nc2-c2cc(Cl)c3ncsc3c2)n1. The summed E-state index contributed by atoms with van der Waals surface area (Å²) in [6.45, 7) is 0. The highest BCUT2D eigenvalue weighted by Gasteiger charge is 2.18. The third kappa shape index (κ3) is 2.59. The van der Waals surface area contributed by atoms with Crippen molar-refractivity contribution >= 4 is 39.0 Å². The Kier molecular flexibility index (Phi) is 3.60. The second kappa shape index (κ2) is 5.81. The van der Waals surface area contributed by atoms with Gasteiger partial charge in [0.25, 0.3) is 0 Å². The van der Waals surface area contributed by atoms with E-state index in [9.17, 15) is 5.26 Å². The standard InChI is InChI=1S/C16H10ClN7S/c1-24-3-2-10(23-24)15-13(21-11(6-18)16(19)22-15)8-4-9(17)14-12(5-8)25-7-20-14/h2-5,7H,1H3,(H2,19,22). The number of thiazole rings is 1. The Balaban J connectivity index is 2.02. The van der Waals surface area contributed by atoms with Crippen LogP contribution < -0.4 is 5.73 Å². The molecule has 4 rings (SSSR count). The summed E-state index contributed by atoms with van der Waals surface area (Å²) in [5.41, 5.74) is 10.7. The third-order valence-corrected chi connectivity index (χ3v) is 4.71. The van der Waals surface area contributed by atoms with Crippen molar-refractivity contribution in [3.8, 4) is 28.7 Å². The smallest absolute Gasteiger partial charge is 0.183 e. The molecule has 0 saturated carbocycles. The van der Waals surface area contributed by atoms with Gasteiger partial charge < -0.3 is 5.73 Å². The number of anilines is 1. The molecule has 3 heterocycles. The van der Waals surface area contributed by atoms with Gasteiger partial charge in [0.15, 0.2) is 11.5 Å². The molecule has 25 heavy (non-hydrogen) atoms. The Morgan fingerprint density at radius 2 is 2.12 bits per heavy atom. The fourth-order valence-electron chi connectivity index (χ4n) is 2.51. The maximum atomic E-state index is 9.26. The van der Waals surface area contributed by atoms with Crippen molar-refractivity contribution < 1.29 is 0 Å². The number of nitrogen functional groups attached to an aromatic ring is 1. The van der Waals surface area contributed by atoms with Crippen LogP contribution in [0.1, 0.15) is 5.69 Å². The number of nitriles is 1. The zero-order chi connectivity index (χ0) is 17.6. The van der Waals surface area contributed by atoms with Gasteiger partial charge in [-0.3, -0.25) is 4.68 Å². The van der Waals surface area contributed by atoms with E-state index >= 15 is 0 Å². The zero-order valence-electron chi connectivity index (χ0n) is 12.9. The Hall–Kier alpha value is -3.02. The molecule has 0 spiro atoms. The van der Waals surface area contributed by atoms with Gasteiger partial charge in [0.05, 0.1) is 20.7 Å². The Morgan fingerprint density at radius 3 is 2.84 bits per heavy atom. The summed E-state index contributed by atoms with van der Waals surface area (Å²) in [4.78, 5) is 13.0. The highest BCUT2D eigenvalue weighted by atomic mass is 35.5. The average Bonchev–Trinajstić information content (AvgIpc) is 3.23. The topological polar surface area (TPSA) is 106 Å². The largest absolute Gasteiger partial charge is 0.381 e. The van der Waals surface area contributed by atoms with Gasteiger partial charge in [-0.15, -0.1) is 11.3 Å². The highest BCUT2D eigenvalue weighted by molar-refractivity contribution is 7.16. The van der Waals surface area contributed by atoms with Crippen molar-refractivity contribution in [1.82, 2.24) is 24.7 Å². The maximum absolute atomic E-state index is 9.26. The van der Waals surface area contributed by atoms with Crippen LogP contribution in [0.4, 0.5) is 5.82 Å². The molecule has 9 heteroatoms. The second-order valence-corrected chi connectivity index (χ2v) is 6.59.